The minimum Gasteiger partial charge on any atom is -0.464 e. The van der Waals surface area contributed by atoms with E-state index in [2.05, 4.69) is 20.3 Å². The summed E-state index contributed by atoms with van der Waals surface area (Å²) in [6, 6.07) is 6.66. The molecular formula is C24H23ClN6O3. The number of halogens is 1. The topological polar surface area (TPSA) is 112 Å². The standard InChI is InChI=1S/C24H23ClN6O3/c1-12-8-15(14(3)28-17-6-7-18(25)29-20(17)24(33)34-5)19-16(9-12)23(32)31(4)22(30-19)21-26-10-13(2)11-27-21/h6-11,14,28H,1-5H3. The summed E-state index contributed by atoms with van der Waals surface area (Å²) in [4.78, 5) is 43.1. The first-order valence-corrected chi connectivity index (χ1v) is 10.9. The van der Waals surface area contributed by atoms with Crippen molar-refractivity contribution in [1.29, 1.82) is 0 Å². The van der Waals surface area contributed by atoms with Crippen LogP contribution in [0.1, 0.15) is 40.1 Å². The quantitative estimate of drug-likeness (QED) is 0.338. The number of carbonyl (C=O) groups excluding carboxylic acids is 1. The fourth-order valence-corrected chi connectivity index (χ4v) is 3.85. The second kappa shape index (κ2) is 9.18. The predicted octanol–water partition coefficient (Wildman–Crippen LogP) is 4.02. The summed E-state index contributed by atoms with van der Waals surface area (Å²) in [7, 11) is 2.93. The maximum atomic E-state index is 13.3. The molecule has 0 saturated carbocycles. The van der Waals surface area contributed by atoms with Crippen LogP contribution in [0.4, 0.5) is 5.69 Å². The zero-order valence-electron chi connectivity index (χ0n) is 19.4. The number of pyridine rings is 1. The normalized spacial score (nSPS) is 11.9. The Morgan fingerprint density at radius 3 is 2.50 bits per heavy atom. The summed E-state index contributed by atoms with van der Waals surface area (Å²) in [6.07, 6.45) is 3.36. The van der Waals surface area contributed by atoms with Crippen LogP contribution in [0.3, 0.4) is 0 Å². The molecule has 10 heteroatoms. The first-order chi connectivity index (χ1) is 16.2. The Hall–Kier alpha value is -3.85. The van der Waals surface area contributed by atoms with Crippen molar-refractivity contribution in [2.75, 3.05) is 12.4 Å². The van der Waals surface area contributed by atoms with Crippen molar-refractivity contribution in [3.8, 4) is 11.6 Å². The second-order valence-corrected chi connectivity index (χ2v) is 8.41. The number of benzene rings is 1. The van der Waals surface area contributed by atoms with Gasteiger partial charge in [0.25, 0.3) is 5.56 Å². The van der Waals surface area contributed by atoms with Crippen LogP contribution in [0.5, 0.6) is 0 Å². The Labute approximate surface area is 200 Å². The van der Waals surface area contributed by atoms with E-state index in [9.17, 15) is 9.59 Å². The summed E-state index contributed by atoms with van der Waals surface area (Å²) < 4.78 is 6.29. The lowest BCUT2D eigenvalue weighted by atomic mass is 10.0. The molecule has 1 unspecified atom stereocenters. The molecule has 0 bridgehead atoms. The lowest BCUT2D eigenvalue weighted by molar-refractivity contribution is 0.0595. The number of rotatable bonds is 5. The van der Waals surface area contributed by atoms with Gasteiger partial charge in [-0.25, -0.2) is 24.7 Å². The zero-order valence-corrected chi connectivity index (χ0v) is 20.1. The van der Waals surface area contributed by atoms with Gasteiger partial charge in [0, 0.05) is 25.0 Å². The van der Waals surface area contributed by atoms with Gasteiger partial charge in [0.1, 0.15) is 5.15 Å². The molecular weight excluding hydrogens is 456 g/mol. The molecule has 3 aromatic heterocycles. The van der Waals surface area contributed by atoms with Crippen molar-refractivity contribution in [2.45, 2.75) is 26.8 Å². The van der Waals surface area contributed by atoms with Crippen molar-refractivity contribution in [3.63, 3.8) is 0 Å². The minimum atomic E-state index is -0.614. The van der Waals surface area contributed by atoms with E-state index in [1.165, 1.54) is 11.7 Å². The SMILES string of the molecule is COC(=O)c1nc(Cl)ccc1NC(C)c1cc(C)cc2c(=O)n(C)c(-c3ncc(C)cn3)nc12. The number of nitrogens with one attached hydrogen (secondary N) is 1. The van der Waals surface area contributed by atoms with Gasteiger partial charge in [-0.15, -0.1) is 0 Å². The van der Waals surface area contributed by atoms with Crippen LogP contribution < -0.4 is 10.9 Å². The average molecular weight is 479 g/mol. The van der Waals surface area contributed by atoms with Crippen LogP contribution in [-0.4, -0.2) is 37.6 Å². The van der Waals surface area contributed by atoms with Crippen LogP contribution in [0.2, 0.25) is 5.15 Å². The number of fused-ring (bicyclic) bond motifs is 1. The highest BCUT2D eigenvalue weighted by molar-refractivity contribution is 6.29. The molecule has 0 aliphatic heterocycles. The van der Waals surface area contributed by atoms with Gasteiger partial charge in [-0.2, -0.15) is 0 Å². The number of aromatic nitrogens is 5. The minimum absolute atomic E-state index is 0.0661. The van der Waals surface area contributed by atoms with E-state index in [0.29, 0.717) is 28.2 Å². The Balaban J connectivity index is 1.87. The number of carbonyl (C=O) groups is 1. The van der Waals surface area contributed by atoms with E-state index < -0.39 is 5.97 Å². The largest absolute Gasteiger partial charge is 0.464 e. The van der Waals surface area contributed by atoms with Crippen LogP contribution >= 0.6 is 11.6 Å². The van der Waals surface area contributed by atoms with Gasteiger partial charge in [-0.05, 0) is 50.1 Å². The van der Waals surface area contributed by atoms with E-state index in [4.69, 9.17) is 21.3 Å². The third kappa shape index (κ3) is 4.34. The number of aryl methyl sites for hydroxylation is 2. The van der Waals surface area contributed by atoms with Crippen molar-refractivity contribution in [1.82, 2.24) is 24.5 Å². The maximum Gasteiger partial charge on any atom is 0.358 e. The highest BCUT2D eigenvalue weighted by atomic mass is 35.5. The molecule has 34 heavy (non-hydrogen) atoms. The number of hydrogen-bond donors (Lipinski definition) is 1. The van der Waals surface area contributed by atoms with E-state index in [0.717, 1.165) is 16.7 Å². The second-order valence-electron chi connectivity index (χ2n) is 8.02. The van der Waals surface area contributed by atoms with Gasteiger partial charge in [0.15, 0.2) is 17.3 Å². The Morgan fingerprint density at radius 2 is 1.82 bits per heavy atom. The zero-order chi connectivity index (χ0) is 24.6. The third-order valence-electron chi connectivity index (χ3n) is 5.41. The first kappa shape index (κ1) is 23.3. The fourth-order valence-electron chi connectivity index (χ4n) is 3.71. The van der Waals surface area contributed by atoms with E-state index in [1.807, 2.05) is 32.9 Å². The summed E-state index contributed by atoms with van der Waals surface area (Å²) in [5.74, 6) is 0.101. The molecule has 0 fully saturated rings. The summed E-state index contributed by atoms with van der Waals surface area (Å²) in [6.45, 7) is 5.71. The number of hydrogen-bond acceptors (Lipinski definition) is 8. The average Bonchev–Trinajstić information content (AvgIpc) is 2.82. The first-order valence-electron chi connectivity index (χ1n) is 10.5. The monoisotopic (exact) mass is 478 g/mol. The van der Waals surface area contributed by atoms with Crippen molar-refractivity contribution < 1.29 is 9.53 Å². The molecule has 1 atom stereocenters. The third-order valence-corrected chi connectivity index (χ3v) is 5.62. The van der Waals surface area contributed by atoms with Crippen LogP contribution in [0.15, 0.2) is 41.5 Å². The van der Waals surface area contributed by atoms with Crippen molar-refractivity contribution in [2.24, 2.45) is 7.05 Å². The highest BCUT2D eigenvalue weighted by Gasteiger charge is 2.21. The number of nitrogens with zero attached hydrogens (tertiary/aromatic N) is 5. The smallest absolute Gasteiger partial charge is 0.358 e. The molecule has 0 aliphatic rings. The highest BCUT2D eigenvalue weighted by Crippen LogP contribution is 2.29. The molecule has 0 spiro atoms. The molecule has 0 radical (unpaired) electrons. The lowest BCUT2D eigenvalue weighted by Crippen LogP contribution is -2.22. The number of anilines is 1. The molecule has 0 saturated heterocycles. The van der Waals surface area contributed by atoms with Crippen LogP contribution in [-0.2, 0) is 11.8 Å². The van der Waals surface area contributed by atoms with Gasteiger partial charge < -0.3 is 10.1 Å². The van der Waals surface area contributed by atoms with Crippen LogP contribution in [0, 0.1) is 13.8 Å². The fraction of sp³-hybridized carbons (Fsp3) is 0.250. The Kier molecular flexibility index (Phi) is 6.30. The lowest BCUT2D eigenvalue weighted by Gasteiger charge is -2.20. The molecule has 9 nitrogen and oxygen atoms in total. The molecule has 1 aromatic carbocycles. The predicted molar refractivity (Wildman–Crippen MR) is 130 cm³/mol. The van der Waals surface area contributed by atoms with E-state index in [1.54, 1.807) is 31.6 Å². The Morgan fingerprint density at radius 1 is 1.12 bits per heavy atom. The van der Waals surface area contributed by atoms with Gasteiger partial charge in [0.2, 0.25) is 0 Å². The molecule has 4 rings (SSSR count). The molecule has 3 heterocycles. The summed E-state index contributed by atoms with van der Waals surface area (Å²) in [5.41, 5.74) is 3.41. The van der Waals surface area contributed by atoms with Gasteiger partial charge in [-0.3, -0.25) is 9.36 Å². The van der Waals surface area contributed by atoms with Crippen molar-refractivity contribution in [3.05, 3.63) is 74.6 Å². The van der Waals surface area contributed by atoms with Gasteiger partial charge in [0.05, 0.1) is 29.7 Å². The van der Waals surface area contributed by atoms with Crippen LogP contribution in [0.25, 0.3) is 22.6 Å². The number of esters is 1. The van der Waals surface area contributed by atoms with Gasteiger partial charge in [-0.1, -0.05) is 17.7 Å². The van der Waals surface area contributed by atoms with Gasteiger partial charge >= 0.3 is 5.97 Å². The number of methoxy groups -OCH3 is 1. The van der Waals surface area contributed by atoms with Crippen molar-refractivity contribution >= 4 is 34.2 Å². The molecule has 0 amide bonds. The molecule has 174 valence electrons. The molecule has 1 N–H and O–H groups in total. The number of ether oxygens (including phenoxy) is 1. The van der Waals surface area contributed by atoms with E-state index >= 15 is 0 Å². The summed E-state index contributed by atoms with van der Waals surface area (Å²) >= 11 is 5.98. The molecule has 0 aliphatic carbocycles. The summed E-state index contributed by atoms with van der Waals surface area (Å²) in [5, 5.41) is 3.94. The molecule has 4 aromatic rings. The van der Waals surface area contributed by atoms with E-state index in [-0.39, 0.29) is 22.4 Å². The Bertz CT molecular complexity index is 1470. The maximum absolute atomic E-state index is 13.3.